The second-order valence-corrected chi connectivity index (χ2v) is 3.65. The molecule has 0 rings (SSSR count). The molecule has 1 N–H and O–H groups in total. The largest absolute Gasteiger partial charge is 0.468 e. The second-order valence-electron chi connectivity index (χ2n) is 3.65. The molecular weight excluding hydrogens is 182 g/mol. The molecule has 0 aliphatic carbocycles. The van der Waals surface area contributed by atoms with E-state index in [0.717, 1.165) is 6.42 Å². The topological polar surface area (TPSA) is 47.6 Å². The summed E-state index contributed by atoms with van der Waals surface area (Å²) in [5.41, 5.74) is 0. The fraction of sp³-hybridized carbons (Fsp3) is 0.900. The van der Waals surface area contributed by atoms with Crippen molar-refractivity contribution >= 4 is 5.97 Å². The minimum absolute atomic E-state index is 0.199. The molecule has 4 nitrogen and oxygen atoms in total. The predicted molar refractivity (Wildman–Crippen MR) is 55.1 cm³/mol. The summed E-state index contributed by atoms with van der Waals surface area (Å²) in [6.07, 6.45) is 0.788. The number of rotatable bonds is 7. The highest BCUT2D eigenvalue weighted by Gasteiger charge is 2.19. The van der Waals surface area contributed by atoms with Crippen LogP contribution in [-0.4, -0.2) is 39.4 Å². The van der Waals surface area contributed by atoms with Crippen molar-refractivity contribution in [1.82, 2.24) is 5.32 Å². The molecule has 0 saturated carbocycles. The molecule has 1 unspecified atom stereocenters. The third kappa shape index (κ3) is 5.94. The Balaban J connectivity index is 3.91. The molecule has 0 bridgehead atoms. The van der Waals surface area contributed by atoms with Gasteiger partial charge in [0.25, 0.3) is 0 Å². The summed E-state index contributed by atoms with van der Waals surface area (Å²) in [7, 11) is 3.05. The van der Waals surface area contributed by atoms with Gasteiger partial charge in [-0.3, -0.25) is 4.79 Å². The van der Waals surface area contributed by atoms with E-state index in [4.69, 9.17) is 9.47 Å². The van der Waals surface area contributed by atoms with Crippen LogP contribution in [0.4, 0.5) is 0 Å². The van der Waals surface area contributed by atoms with Crippen LogP contribution >= 0.6 is 0 Å². The van der Waals surface area contributed by atoms with E-state index >= 15 is 0 Å². The standard InChI is InChI=1S/C10H21NO3/c1-8(2)7-9(10(12)14-4)11-5-6-13-3/h8-9,11H,5-7H2,1-4H3. The van der Waals surface area contributed by atoms with Gasteiger partial charge in [0.05, 0.1) is 13.7 Å². The molecule has 0 aliphatic heterocycles. The number of hydrogen-bond acceptors (Lipinski definition) is 4. The summed E-state index contributed by atoms with van der Waals surface area (Å²) in [4.78, 5) is 11.3. The highest BCUT2D eigenvalue weighted by Crippen LogP contribution is 2.05. The Morgan fingerprint density at radius 2 is 2.00 bits per heavy atom. The quantitative estimate of drug-likeness (QED) is 0.491. The van der Waals surface area contributed by atoms with E-state index in [9.17, 15) is 4.79 Å². The van der Waals surface area contributed by atoms with Crippen molar-refractivity contribution in [3.05, 3.63) is 0 Å². The minimum atomic E-state index is -0.213. The van der Waals surface area contributed by atoms with Gasteiger partial charge in [-0.1, -0.05) is 13.8 Å². The van der Waals surface area contributed by atoms with Crippen molar-refractivity contribution in [2.24, 2.45) is 5.92 Å². The molecule has 0 aromatic heterocycles. The van der Waals surface area contributed by atoms with E-state index in [1.807, 2.05) is 0 Å². The van der Waals surface area contributed by atoms with E-state index in [-0.39, 0.29) is 12.0 Å². The first-order valence-corrected chi connectivity index (χ1v) is 4.92. The average molecular weight is 203 g/mol. The van der Waals surface area contributed by atoms with Gasteiger partial charge in [-0.05, 0) is 12.3 Å². The Kier molecular flexibility index (Phi) is 7.42. The lowest BCUT2D eigenvalue weighted by atomic mass is 10.0. The molecule has 4 heteroatoms. The van der Waals surface area contributed by atoms with E-state index < -0.39 is 0 Å². The third-order valence-corrected chi connectivity index (χ3v) is 1.89. The molecule has 0 heterocycles. The first kappa shape index (κ1) is 13.4. The van der Waals surface area contributed by atoms with Crippen LogP contribution in [0.15, 0.2) is 0 Å². The normalized spacial score (nSPS) is 12.9. The molecular formula is C10H21NO3. The van der Waals surface area contributed by atoms with Crippen molar-refractivity contribution in [3.8, 4) is 0 Å². The molecule has 0 saturated heterocycles. The van der Waals surface area contributed by atoms with Crippen LogP contribution in [0.2, 0.25) is 0 Å². The van der Waals surface area contributed by atoms with Gasteiger partial charge < -0.3 is 14.8 Å². The van der Waals surface area contributed by atoms with E-state index in [1.165, 1.54) is 7.11 Å². The SMILES string of the molecule is COCCNC(CC(C)C)C(=O)OC. The highest BCUT2D eigenvalue weighted by molar-refractivity contribution is 5.75. The monoisotopic (exact) mass is 203 g/mol. The van der Waals surface area contributed by atoms with Crippen molar-refractivity contribution < 1.29 is 14.3 Å². The molecule has 0 aromatic carbocycles. The van der Waals surface area contributed by atoms with Gasteiger partial charge in [-0.2, -0.15) is 0 Å². The molecule has 0 aliphatic rings. The predicted octanol–water partition coefficient (Wildman–Crippen LogP) is 0.810. The van der Waals surface area contributed by atoms with Crippen molar-refractivity contribution in [2.45, 2.75) is 26.3 Å². The number of carbonyl (C=O) groups is 1. The number of methoxy groups -OCH3 is 2. The Morgan fingerprint density at radius 3 is 2.43 bits per heavy atom. The van der Waals surface area contributed by atoms with E-state index in [0.29, 0.717) is 19.1 Å². The lowest BCUT2D eigenvalue weighted by Gasteiger charge is -2.17. The maximum Gasteiger partial charge on any atom is 0.322 e. The molecule has 0 amide bonds. The average Bonchev–Trinajstić information content (AvgIpc) is 2.15. The second kappa shape index (κ2) is 7.76. The number of nitrogens with one attached hydrogen (secondary N) is 1. The smallest absolute Gasteiger partial charge is 0.322 e. The molecule has 1 atom stereocenters. The van der Waals surface area contributed by atoms with Crippen LogP contribution in [0.1, 0.15) is 20.3 Å². The summed E-state index contributed by atoms with van der Waals surface area (Å²) in [6, 6.07) is -0.213. The number of carbonyl (C=O) groups excluding carboxylic acids is 1. The van der Waals surface area contributed by atoms with Crippen LogP contribution in [-0.2, 0) is 14.3 Å². The third-order valence-electron chi connectivity index (χ3n) is 1.89. The van der Waals surface area contributed by atoms with Gasteiger partial charge in [0.1, 0.15) is 6.04 Å². The Morgan fingerprint density at radius 1 is 1.36 bits per heavy atom. The Hall–Kier alpha value is -0.610. The van der Waals surface area contributed by atoms with Gasteiger partial charge >= 0.3 is 5.97 Å². The van der Waals surface area contributed by atoms with Crippen LogP contribution < -0.4 is 5.32 Å². The summed E-state index contributed by atoms with van der Waals surface area (Å²) >= 11 is 0. The molecule has 0 aromatic rings. The number of ether oxygens (including phenoxy) is 2. The van der Waals surface area contributed by atoms with Gasteiger partial charge in [0.15, 0.2) is 0 Å². The molecule has 0 spiro atoms. The highest BCUT2D eigenvalue weighted by atomic mass is 16.5. The lowest BCUT2D eigenvalue weighted by molar-refractivity contribution is -0.143. The zero-order chi connectivity index (χ0) is 11.0. The fourth-order valence-corrected chi connectivity index (χ4v) is 1.21. The van der Waals surface area contributed by atoms with Crippen LogP contribution in [0.25, 0.3) is 0 Å². The Labute approximate surface area is 86.0 Å². The summed E-state index contributed by atoms with van der Waals surface area (Å²) in [6.45, 7) is 5.43. The fourth-order valence-electron chi connectivity index (χ4n) is 1.21. The summed E-state index contributed by atoms with van der Waals surface area (Å²) in [5.74, 6) is 0.268. The van der Waals surface area contributed by atoms with Crippen LogP contribution in [0.3, 0.4) is 0 Å². The summed E-state index contributed by atoms with van der Waals surface area (Å²) in [5, 5.41) is 3.10. The molecule has 0 fully saturated rings. The first-order valence-electron chi connectivity index (χ1n) is 4.92. The van der Waals surface area contributed by atoms with Gasteiger partial charge in [-0.25, -0.2) is 0 Å². The van der Waals surface area contributed by atoms with Crippen molar-refractivity contribution in [3.63, 3.8) is 0 Å². The molecule has 14 heavy (non-hydrogen) atoms. The maximum absolute atomic E-state index is 11.3. The maximum atomic E-state index is 11.3. The van der Waals surface area contributed by atoms with Gasteiger partial charge in [0.2, 0.25) is 0 Å². The number of hydrogen-bond donors (Lipinski definition) is 1. The van der Waals surface area contributed by atoms with E-state index in [2.05, 4.69) is 19.2 Å². The van der Waals surface area contributed by atoms with Crippen molar-refractivity contribution in [1.29, 1.82) is 0 Å². The van der Waals surface area contributed by atoms with Gasteiger partial charge in [-0.15, -0.1) is 0 Å². The first-order chi connectivity index (χ1) is 6.61. The zero-order valence-electron chi connectivity index (χ0n) is 9.50. The Bertz CT molecular complexity index is 159. The number of esters is 1. The van der Waals surface area contributed by atoms with E-state index in [1.54, 1.807) is 7.11 Å². The molecule has 84 valence electrons. The zero-order valence-corrected chi connectivity index (χ0v) is 9.50. The van der Waals surface area contributed by atoms with Crippen molar-refractivity contribution in [2.75, 3.05) is 27.4 Å². The minimum Gasteiger partial charge on any atom is -0.468 e. The van der Waals surface area contributed by atoms with Gasteiger partial charge in [0, 0.05) is 13.7 Å². The van der Waals surface area contributed by atoms with Crippen LogP contribution in [0.5, 0.6) is 0 Å². The van der Waals surface area contributed by atoms with Crippen LogP contribution in [0, 0.1) is 5.92 Å². The summed E-state index contributed by atoms with van der Waals surface area (Å²) < 4.78 is 9.60. The lowest BCUT2D eigenvalue weighted by Crippen LogP contribution is -2.40. The molecule has 0 radical (unpaired) electrons.